The quantitative estimate of drug-likeness (QED) is 0.541. The van der Waals surface area contributed by atoms with E-state index in [9.17, 15) is 4.79 Å². The van der Waals surface area contributed by atoms with E-state index in [1.165, 1.54) is 0 Å². The third kappa shape index (κ3) is 4.90. The molecule has 0 saturated heterocycles. The SMILES string of the molecule is O=C[CH2][Hg][Cl]. The average molecular weight is 279 g/mol. The average Bonchev–Trinajstić information content (AvgIpc) is 1.41. The first-order valence-electron chi connectivity index (χ1n) is 1.41. The second-order valence-electron chi connectivity index (χ2n) is 0.644. The zero-order valence-corrected chi connectivity index (χ0v) is 9.03. The summed E-state index contributed by atoms with van der Waals surface area (Å²) in [7, 11) is 5.29. The van der Waals surface area contributed by atoms with Crippen LogP contribution in [0, 0.1) is 0 Å². The normalized spacial score (nSPS) is 5.80. The summed E-state index contributed by atoms with van der Waals surface area (Å²) in [5.74, 6) is 0. The minimum absolute atomic E-state index is 0.696. The molecule has 5 heavy (non-hydrogen) atoms. The molecule has 0 fully saturated rings. The van der Waals surface area contributed by atoms with Gasteiger partial charge < -0.3 is 0 Å². The Morgan fingerprint density at radius 3 is 2.60 bits per heavy atom. The summed E-state index contributed by atoms with van der Waals surface area (Å²) >= 11 is -1.04. The monoisotopic (exact) mass is 280 g/mol. The molecule has 0 heterocycles. The van der Waals surface area contributed by atoms with E-state index in [0.717, 1.165) is 6.29 Å². The van der Waals surface area contributed by atoms with Crippen LogP contribution in [0.4, 0.5) is 0 Å². The number of rotatable bonds is 2. The molecule has 0 aromatic rings. The van der Waals surface area contributed by atoms with Crippen LogP contribution in [0.25, 0.3) is 0 Å². The van der Waals surface area contributed by atoms with Gasteiger partial charge in [-0.15, -0.1) is 0 Å². The zero-order valence-electron chi connectivity index (χ0n) is 2.78. The first-order chi connectivity index (χ1) is 2.41. The molecule has 0 aliphatic carbocycles. The standard InChI is InChI=1S/C2H3O.ClH.Hg/c1-2-3;;/h2H,1H2;1H;/q;;+1/p-1. The van der Waals surface area contributed by atoms with Crippen LogP contribution in [0.1, 0.15) is 0 Å². The molecule has 0 atom stereocenters. The molecule has 0 amide bonds. The Kier molecular flexibility index (Phi) is 5.77. The van der Waals surface area contributed by atoms with Gasteiger partial charge >= 0.3 is 46.6 Å². The molecule has 0 aliphatic rings. The van der Waals surface area contributed by atoms with E-state index in [0.29, 0.717) is 3.93 Å². The summed E-state index contributed by atoms with van der Waals surface area (Å²) in [4.78, 5) is 9.38. The maximum absolute atomic E-state index is 9.38. The van der Waals surface area contributed by atoms with E-state index < -0.39 is 23.3 Å². The van der Waals surface area contributed by atoms with E-state index in [2.05, 4.69) is 0 Å². The fourth-order valence-corrected chi connectivity index (χ4v) is 1.17. The summed E-state index contributed by atoms with van der Waals surface area (Å²) in [6, 6.07) is 0. The van der Waals surface area contributed by atoms with Crippen LogP contribution in [-0.4, -0.2) is 6.29 Å². The van der Waals surface area contributed by atoms with Crippen LogP contribution in [-0.2, 0) is 28.1 Å². The topological polar surface area (TPSA) is 17.1 Å². The fourth-order valence-electron chi connectivity index (χ4n) is 0.0445. The fraction of sp³-hybridized carbons (Fsp3) is 0.500. The summed E-state index contributed by atoms with van der Waals surface area (Å²) in [6.45, 7) is 0. The Morgan fingerprint density at radius 2 is 2.60 bits per heavy atom. The van der Waals surface area contributed by atoms with E-state index in [4.69, 9.17) is 8.25 Å². The Hall–Kier alpha value is 0.895. The third-order valence-electron chi connectivity index (χ3n) is 0.227. The van der Waals surface area contributed by atoms with Gasteiger partial charge in [0.2, 0.25) is 0 Å². The molecule has 0 aromatic carbocycles. The predicted molar refractivity (Wildman–Crippen MR) is 16.7 cm³/mol. The van der Waals surface area contributed by atoms with Crippen LogP contribution >= 0.6 is 8.25 Å². The second-order valence-corrected chi connectivity index (χ2v) is 7.67. The second kappa shape index (κ2) is 4.90. The van der Waals surface area contributed by atoms with Crippen LogP contribution in [0.5, 0.6) is 0 Å². The van der Waals surface area contributed by atoms with Crippen molar-refractivity contribution in [2.45, 2.75) is 3.93 Å². The Bertz CT molecular complexity index is 30.8. The number of carbonyl (C=O) groups excluding carboxylic acids is 1. The van der Waals surface area contributed by atoms with Crippen LogP contribution in [0.3, 0.4) is 0 Å². The van der Waals surface area contributed by atoms with Crippen molar-refractivity contribution in [3.63, 3.8) is 0 Å². The van der Waals surface area contributed by atoms with Crippen molar-refractivity contribution in [1.29, 1.82) is 0 Å². The number of hydrogen-bond acceptors (Lipinski definition) is 1. The van der Waals surface area contributed by atoms with Gasteiger partial charge in [0.05, 0.1) is 0 Å². The van der Waals surface area contributed by atoms with Gasteiger partial charge in [-0.1, -0.05) is 0 Å². The molecule has 0 rings (SSSR count). The van der Waals surface area contributed by atoms with Crippen molar-refractivity contribution in [3.05, 3.63) is 0 Å². The minimum atomic E-state index is -1.04. The van der Waals surface area contributed by atoms with Gasteiger partial charge in [-0.25, -0.2) is 0 Å². The molecule has 26 valence electrons. The van der Waals surface area contributed by atoms with Crippen LogP contribution in [0.15, 0.2) is 0 Å². The molecule has 0 bridgehead atoms. The molecule has 0 aromatic heterocycles. The van der Waals surface area contributed by atoms with Crippen molar-refractivity contribution >= 4 is 14.5 Å². The van der Waals surface area contributed by atoms with E-state index in [-0.39, 0.29) is 0 Å². The van der Waals surface area contributed by atoms with Gasteiger partial charge in [0.15, 0.2) is 0 Å². The summed E-state index contributed by atoms with van der Waals surface area (Å²) < 4.78 is 0.696. The maximum atomic E-state index is 9.38. The third-order valence-corrected chi connectivity index (χ3v) is 3.91. The number of halogens is 1. The predicted octanol–water partition coefficient (Wildman–Crippen LogP) is 0.840. The first kappa shape index (κ1) is 5.90. The van der Waals surface area contributed by atoms with E-state index in [1.807, 2.05) is 0 Å². The van der Waals surface area contributed by atoms with Crippen molar-refractivity contribution < 1.29 is 28.1 Å². The molecule has 0 saturated carbocycles. The van der Waals surface area contributed by atoms with Gasteiger partial charge in [-0.05, 0) is 0 Å². The molecule has 0 radical (unpaired) electrons. The van der Waals surface area contributed by atoms with Gasteiger partial charge in [0.25, 0.3) is 0 Å². The molecule has 3 heteroatoms. The van der Waals surface area contributed by atoms with Gasteiger partial charge in [0.1, 0.15) is 0 Å². The van der Waals surface area contributed by atoms with Gasteiger partial charge in [0, 0.05) is 0 Å². The molecule has 0 spiro atoms. The molecule has 0 unspecified atom stereocenters. The van der Waals surface area contributed by atoms with Crippen molar-refractivity contribution in [3.8, 4) is 0 Å². The van der Waals surface area contributed by atoms with E-state index >= 15 is 0 Å². The summed E-state index contributed by atoms with van der Waals surface area (Å²) in [5.41, 5.74) is 0. The molecular formula is C2H3ClHgO. The number of carbonyl (C=O) groups is 1. The molecule has 0 N–H and O–H groups in total. The van der Waals surface area contributed by atoms with E-state index in [1.54, 1.807) is 0 Å². The van der Waals surface area contributed by atoms with Crippen LogP contribution < -0.4 is 0 Å². The first-order valence-corrected chi connectivity index (χ1v) is 12.1. The van der Waals surface area contributed by atoms with Gasteiger partial charge in [-0.3, -0.25) is 0 Å². The molecule has 1 nitrogen and oxygen atoms in total. The van der Waals surface area contributed by atoms with Crippen molar-refractivity contribution in [2.75, 3.05) is 0 Å². The number of hydrogen-bond donors (Lipinski definition) is 0. The van der Waals surface area contributed by atoms with Crippen molar-refractivity contribution in [1.82, 2.24) is 0 Å². The Morgan fingerprint density at radius 1 is 2.00 bits per heavy atom. The zero-order chi connectivity index (χ0) is 4.12. The molecule has 0 aliphatic heterocycles. The molecular weight excluding hydrogens is 276 g/mol. The Labute approximate surface area is 46.6 Å². The summed E-state index contributed by atoms with van der Waals surface area (Å²) in [6.07, 6.45) is 0.897. The Balaban J connectivity index is 2.40. The van der Waals surface area contributed by atoms with Crippen molar-refractivity contribution in [2.24, 2.45) is 0 Å². The number of aldehydes is 1. The summed E-state index contributed by atoms with van der Waals surface area (Å²) in [5, 5.41) is 0. The van der Waals surface area contributed by atoms with Crippen LogP contribution in [0.2, 0.25) is 3.93 Å². The van der Waals surface area contributed by atoms with Gasteiger partial charge in [-0.2, -0.15) is 0 Å².